The number of aliphatic hydroxyl groups is 1. The molecule has 0 aliphatic carbocycles. The van der Waals surface area contributed by atoms with Crippen LogP contribution in [0.25, 0.3) is 0 Å². The van der Waals surface area contributed by atoms with E-state index >= 15 is 0 Å². The summed E-state index contributed by atoms with van der Waals surface area (Å²) in [5.41, 5.74) is 0. The fourth-order valence-electron chi connectivity index (χ4n) is 6.50. The third-order valence-corrected chi connectivity index (χ3v) is 9.47. The van der Waals surface area contributed by atoms with Gasteiger partial charge in [0.15, 0.2) is 0 Å². The molecule has 0 saturated heterocycles. The molecule has 0 rings (SSSR count). The molecule has 0 spiro atoms. The first-order valence-electron chi connectivity index (χ1n) is 20.7. The topological polar surface area (TPSA) is 76.1 Å². The minimum Gasteiger partial charge on any atom is -0.462 e. The zero-order valence-electron chi connectivity index (χ0n) is 32.0. The Hall–Kier alpha value is -1.14. The van der Waals surface area contributed by atoms with Gasteiger partial charge in [-0.05, 0) is 77.3 Å². The van der Waals surface area contributed by atoms with Gasteiger partial charge < -0.3 is 19.5 Å². The van der Waals surface area contributed by atoms with Crippen molar-refractivity contribution in [2.24, 2.45) is 0 Å². The van der Waals surface area contributed by atoms with E-state index in [1.165, 1.54) is 96.3 Å². The van der Waals surface area contributed by atoms with Crippen LogP contribution in [0.3, 0.4) is 0 Å². The Labute approximate surface area is 292 Å². The normalized spacial score (nSPS) is 12.2. The first-order valence-corrected chi connectivity index (χ1v) is 20.7. The lowest BCUT2D eigenvalue weighted by Crippen LogP contribution is -2.30. The summed E-state index contributed by atoms with van der Waals surface area (Å²) in [6, 6.07) is 0. The smallest absolute Gasteiger partial charge is 0.306 e. The second kappa shape index (κ2) is 36.1. The molecular weight excluding hydrogens is 586 g/mol. The van der Waals surface area contributed by atoms with Crippen molar-refractivity contribution in [2.75, 3.05) is 26.2 Å². The third-order valence-electron chi connectivity index (χ3n) is 9.47. The zero-order chi connectivity index (χ0) is 34.6. The molecule has 6 nitrogen and oxygen atoms in total. The van der Waals surface area contributed by atoms with Crippen LogP contribution in [0.2, 0.25) is 0 Å². The quantitative estimate of drug-likeness (QED) is 0.0525. The fourth-order valence-corrected chi connectivity index (χ4v) is 6.50. The lowest BCUT2D eigenvalue weighted by molar-refractivity contribution is -0.151. The molecule has 47 heavy (non-hydrogen) atoms. The van der Waals surface area contributed by atoms with E-state index in [-0.39, 0.29) is 30.8 Å². The molecule has 1 unspecified atom stereocenters. The Balaban J connectivity index is 4.34. The average Bonchev–Trinajstić information content (AvgIpc) is 3.05. The van der Waals surface area contributed by atoms with Crippen molar-refractivity contribution >= 4 is 11.9 Å². The molecule has 6 heteroatoms. The molecule has 0 aromatic carbocycles. The SMILES string of the molecule is CCCCCCCCC(CCC)OC(=O)CCCN(CCO)CCCCCC(=O)OC(CCCCCCCC)CCCCCCCC. The zero-order valence-corrected chi connectivity index (χ0v) is 32.0. The summed E-state index contributed by atoms with van der Waals surface area (Å²) < 4.78 is 11.9. The van der Waals surface area contributed by atoms with Gasteiger partial charge >= 0.3 is 11.9 Å². The van der Waals surface area contributed by atoms with Gasteiger partial charge in [-0.1, -0.05) is 137 Å². The Morgan fingerprint density at radius 3 is 1.28 bits per heavy atom. The van der Waals surface area contributed by atoms with Crippen LogP contribution in [0.4, 0.5) is 0 Å². The molecule has 0 aliphatic heterocycles. The van der Waals surface area contributed by atoms with Gasteiger partial charge in [0.05, 0.1) is 6.61 Å². The molecule has 0 fully saturated rings. The number of unbranched alkanes of at least 4 members (excludes halogenated alkanes) is 17. The number of hydrogen-bond donors (Lipinski definition) is 1. The Bertz CT molecular complexity index is 656. The molecule has 280 valence electrons. The monoisotopic (exact) mass is 668 g/mol. The van der Waals surface area contributed by atoms with Crippen molar-refractivity contribution < 1.29 is 24.2 Å². The maximum absolute atomic E-state index is 12.7. The van der Waals surface area contributed by atoms with Crippen molar-refractivity contribution in [2.45, 2.75) is 226 Å². The highest BCUT2D eigenvalue weighted by Gasteiger charge is 2.16. The van der Waals surface area contributed by atoms with Crippen molar-refractivity contribution in [3.8, 4) is 0 Å². The summed E-state index contributed by atoms with van der Waals surface area (Å²) in [4.78, 5) is 27.5. The van der Waals surface area contributed by atoms with E-state index in [0.717, 1.165) is 90.1 Å². The van der Waals surface area contributed by atoms with Crippen LogP contribution >= 0.6 is 0 Å². The second-order valence-corrected chi connectivity index (χ2v) is 14.2. The van der Waals surface area contributed by atoms with Gasteiger partial charge in [0.25, 0.3) is 0 Å². The lowest BCUT2D eigenvalue weighted by atomic mass is 10.0. The summed E-state index contributed by atoms with van der Waals surface area (Å²) in [5, 5.41) is 9.57. The van der Waals surface area contributed by atoms with Crippen molar-refractivity contribution in [1.82, 2.24) is 4.90 Å². The number of rotatable bonds is 37. The predicted molar refractivity (Wildman–Crippen MR) is 200 cm³/mol. The molecular formula is C41H81NO5. The van der Waals surface area contributed by atoms with Gasteiger partial charge in [0.1, 0.15) is 12.2 Å². The van der Waals surface area contributed by atoms with E-state index in [9.17, 15) is 14.7 Å². The summed E-state index contributed by atoms with van der Waals surface area (Å²) in [6.45, 7) is 11.3. The van der Waals surface area contributed by atoms with E-state index in [1.807, 2.05) is 0 Å². The summed E-state index contributed by atoms with van der Waals surface area (Å²) >= 11 is 0. The second-order valence-electron chi connectivity index (χ2n) is 14.2. The fraction of sp³-hybridized carbons (Fsp3) is 0.951. The highest BCUT2D eigenvalue weighted by Crippen LogP contribution is 2.19. The Morgan fingerprint density at radius 1 is 0.447 bits per heavy atom. The first kappa shape index (κ1) is 45.9. The number of hydrogen-bond acceptors (Lipinski definition) is 6. The maximum Gasteiger partial charge on any atom is 0.306 e. The molecule has 0 heterocycles. The van der Waals surface area contributed by atoms with E-state index in [1.54, 1.807) is 0 Å². The van der Waals surface area contributed by atoms with Gasteiger partial charge in [-0.2, -0.15) is 0 Å². The summed E-state index contributed by atoms with van der Waals surface area (Å²) in [6.07, 6.45) is 32.4. The minimum absolute atomic E-state index is 0.0319. The molecule has 0 amide bonds. The van der Waals surface area contributed by atoms with Crippen LogP contribution in [0.5, 0.6) is 0 Å². The number of aliphatic hydroxyl groups excluding tert-OH is 1. The molecule has 0 bridgehead atoms. The minimum atomic E-state index is -0.0804. The number of carbonyl (C=O) groups excluding carboxylic acids is 2. The van der Waals surface area contributed by atoms with Crippen LogP contribution in [-0.4, -0.2) is 60.4 Å². The molecule has 0 aliphatic rings. The number of ether oxygens (including phenoxy) is 2. The molecule has 0 radical (unpaired) electrons. The van der Waals surface area contributed by atoms with Crippen LogP contribution in [0.15, 0.2) is 0 Å². The highest BCUT2D eigenvalue weighted by atomic mass is 16.5. The van der Waals surface area contributed by atoms with Crippen molar-refractivity contribution in [1.29, 1.82) is 0 Å². The first-order chi connectivity index (χ1) is 23.0. The molecule has 0 aromatic heterocycles. The Kier molecular flexibility index (Phi) is 35.3. The molecule has 1 atom stereocenters. The molecule has 0 aromatic rings. The van der Waals surface area contributed by atoms with Gasteiger partial charge in [-0.3, -0.25) is 9.59 Å². The summed E-state index contributed by atoms with van der Waals surface area (Å²) in [7, 11) is 0. The number of nitrogens with zero attached hydrogens (tertiary/aromatic N) is 1. The highest BCUT2D eigenvalue weighted by molar-refractivity contribution is 5.69. The molecule has 0 saturated carbocycles. The number of carbonyl (C=O) groups is 2. The third kappa shape index (κ3) is 31.9. The van der Waals surface area contributed by atoms with E-state index in [4.69, 9.17) is 9.47 Å². The van der Waals surface area contributed by atoms with Gasteiger partial charge in [-0.15, -0.1) is 0 Å². The van der Waals surface area contributed by atoms with Gasteiger partial charge in [0, 0.05) is 19.4 Å². The van der Waals surface area contributed by atoms with Crippen LogP contribution in [0, 0.1) is 0 Å². The van der Waals surface area contributed by atoms with Crippen LogP contribution in [-0.2, 0) is 19.1 Å². The predicted octanol–water partition coefficient (Wildman–Crippen LogP) is 11.5. The average molecular weight is 668 g/mol. The van der Waals surface area contributed by atoms with Crippen molar-refractivity contribution in [3.63, 3.8) is 0 Å². The van der Waals surface area contributed by atoms with E-state index in [0.29, 0.717) is 19.4 Å². The van der Waals surface area contributed by atoms with Gasteiger partial charge in [-0.25, -0.2) is 0 Å². The maximum atomic E-state index is 12.7. The van der Waals surface area contributed by atoms with Crippen LogP contribution in [0.1, 0.15) is 214 Å². The standard InChI is InChI=1S/C41H81NO5/c1-5-9-12-15-18-22-29-38(28-8-4)46-41(45)33-27-35-42(36-37-43)34-26-21-25-32-40(44)47-39(30-23-19-16-13-10-6-2)31-24-20-17-14-11-7-3/h38-39,43H,5-37H2,1-4H3. The molecule has 1 N–H and O–H groups in total. The number of esters is 2. The van der Waals surface area contributed by atoms with E-state index in [2.05, 4.69) is 32.6 Å². The Morgan fingerprint density at radius 2 is 0.830 bits per heavy atom. The summed E-state index contributed by atoms with van der Waals surface area (Å²) in [5.74, 6) is -0.112. The van der Waals surface area contributed by atoms with E-state index < -0.39 is 0 Å². The van der Waals surface area contributed by atoms with Crippen molar-refractivity contribution in [3.05, 3.63) is 0 Å². The van der Waals surface area contributed by atoms with Crippen LogP contribution < -0.4 is 0 Å². The van der Waals surface area contributed by atoms with Gasteiger partial charge in [0.2, 0.25) is 0 Å². The largest absolute Gasteiger partial charge is 0.462 e. The lowest BCUT2D eigenvalue weighted by Gasteiger charge is -2.22.